The van der Waals surface area contributed by atoms with E-state index in [1.54, 1.807) is 37.4 Å². The molecular weight excluding hydrogens is 384 g/mol. The first-order valence-corrected chi connectivity index (χ1v) is 9.65. The molecule has 1 amide bonds. The van der Waals surface area contributed by atoms with Crippen LogP contribution in [-0.2, 0) is 4.79 Å². The first-order valence-electron chi connectivity index (χ1n) is 9.27. The molecule has 5 heteroatoms. The lowest BCUT2D eigenvalue weighted by Crippen LogP contribution is -2.33. The van der Waals surface area contributed by atoms with Crippen molar-refractivity contribution in [2.75, 3.05) is 0 Å². The Balaban J connectivity index is 1.55. The van der Waals surface area contributed by atoms with Crippen molar-refractivity contribution in [3.63, 3.8) is 0 Å². The summed E-state index contributed by atoms with van der Waals surface area (Å²) in [5, 5.41) is 9.14. The first-order chi connectivity index (χ1) is 14.1. The summed E-state index contributed by atoms with van der Waals surface area (Å²) in [5.74, 6) is 0.190. The van der Waals surface area contributed by atoms with Crippen molar-refractivity contribution in [1.82, 2.24) is 5.43 Å². The number of nitrogens with zero attached hydrogens (tertiary/aromatic N) is 1. The summed E-state index contributed by atoms with van der Waals surface area (Å²) in [7, 11) is 0. The molecule has 1 N–H and O–H groups in total. The molecule has 0 aliphatic carbocycles. The molecule has 4 aromatic rings. The molecule has 4 rings (SSSR count). The SMILES string of the molecule is CC(Oc1cccc(Cl)c1)C(=O)NN=Cc1c2ccccc2cc2ccccc12. The molecule has 0 heterocycles. The van der Waals surface area contributed by atoms with Gasteiger partial charge in [0.05, 0.1) is 6.21 Å². The summed E-state index contributed by atoms with van der Waals surface area (Å²) in [5.41, 5.74) is 3.53. The van der Waals surface area contributed by atoms with E-state index < -0.39 is 6.10 Å². The predicted molar refractivity (Wildman–Crippen MR) is 119 cm³/mol. The fraction of sp³-hybridized carbons (Fsp3) is 0.0833. The third-order valence-corrected chi connectivity index (χ3v) is 4.89. The minimum Gasteiger partial charge on any atom is -0.481 e. The molecule has 0 aliphatic rings. The lowest BCUT2D eigenvalue weighted by molar-refractivity contribution is -0.127. The maximum Gasteiger partial charge on any atom is 0.280 e. The molecule has 0 bridgehead atoms. The molecule has 0 fully saturated rings. The van der Waals surface area contributed by atoms with E-state index in [1.165, 1.54) is 0 Å². The Morgan fingerprint density at radius 2 is 1.62 bits per heavy atom. The van der Waals surface area contributed by atoms with Gasteiger partial charge in [-0.25, -0.2) is 5.43 Å². The van der Waals surface area contributed by atoms with E-state index in [0.29, 0.717) is 10.8 Å². The largest absolute Gasteiger partial charge is 0.481 e. The van der Waals surface area contributed by atoms with E-state index in [0.717, 1.165) is 27.1 Å². The highest BCUT2D eigenvalue weighted by molar-refractivity contribution is 6.30. The van der Waals surface area contributed by atoms with E-state index in [2.05, 4.69) is 40.9 Å². The Morgan fingerprint density at radius 1 is 0.966 bits per heavy atom. The third-order valence-electron chi connectivity index (χ3n) is 4.66. The second kappa shape index (κ2) is 8.33. The second-order valence-corrected chi connectivity index (χ2v) is 7.12. The molecule has 4 aromatic carbocycles. The average Bonchev–Trinajstić information content (AvgIpc) is 2.73. The van der Waals surface area contributed by atoms with Gasteiger partial charge in [-0.15, -0.1) is 0 Å². The molecule has 1 atom stereocenters. The number of benzene rings is 4. The van der Waals surface area contributed by atoms with Gasteiger partial charge in [0, 0.05) is 10.6 Å². The van der Waals surface area contributed by atoms with Gasteiger partial charge in [-0.05, 0) is 52.7 Å². The summed E-state index contributed by atoms with van der Waals surface area (Å²) >= 11 is 5.95. The van der Waals surface area contributed by atoms with Crippen molar-refractivity contribution in [3.8, 4) is 5.75 Å². The van der Waals surface area contributed by atoms with Gasteiger partial charge in [-0.3, -0.25) is 4.79 Å². The van der Waals surface area contributed by atoms with Gasteiger partial charge in [0.15, 0.2) is 6.10 Å². The van der Waals surface area contributed by atoms with E-state index in [4.69, 9.17) is 16.3 Å². The fourth-order valence-corrected chi connectivity index (χ4v) is 3.42. The maximum atomic E-state index is 12.4. The zero-order valence-corrected chi connectivity index (χ0v) is 16.6. The number of nitrogens with one attached hydrogen (secondary N) is 1. The van der Waals surface area contributed by atoms with Crippen LogP contribution >= 0.6 is 11.6 Å². The van der Waals surface area contributed by atoms with Gasteiger partial charge >= 0.3 is 0 Å². The molecule has 0 aromatic heterocycles. The van der Waals surface area contributed by atoms with Crippen molar-refractivity contribution < 1.29 is 9.53 Å². The van der Waals surface area contributed by atoms with Crippen LogP contribution in [0.4, 0.5) is 0 Å². The Labute approximate surface area is 173 Å². The maximum absolute atomic E-state index is 12.4. The zero-order chi connectivity index (χ0) is 20.2. The summed E-state index contributed by atoms with van der Waals surface area (Å²) < 4.78 is 5.63. The summed E-state index contributed by atoms with van der Waals surface area (Å²) in [6.07, 6.45) is 0.976. The van der Waals surface area contributed by atoms with Gasteiger partial charge < -0.3 is 4.74 Å². The molecule has 4 nitrogen and oxygen atoms in total. The van der Waals surface area contributed by atoms with Gasteiger partial charge in [-0.2, -0.15) is 5.10 Å². The number of amides is 1. The first kappa shape index (κ1) is 19.0. The van der Waals surface area contributed by atoms with E-state index in [1.807, 2.05) is 24.3 Å². The van der Waals surface area contributed by atoms with Crippen molar-refractivity contribution >= 4 is 45.3 Å². The number of ether oxygens (including phenoxy) is 1. The molecule has 0 aliphatic heterocycles. The molecule has 0 radical (unpaired) electrons. The second-order valence-electron chi connectivity index (χ2n) is 6.68. The van der Waals surface area contributed by atoms with Crippen molar-refractivity contribution in [3.05, 3.63) is 89.4 Å². The molecule has 29 heavy (non-hydrogen) atoms. The van der Waals surface area contributed by atoms with E-state index in [-0.39, 0.29) is 5.91 Å². The molecule has 144 valence electrons. The molecule has 0 saturated heterocycles. The number of hydrazone groups is 1. The van der Waals surface area contributed by atoms with Gasteiger partial charge in [0.25, 0.3) is 5.91 Å². The van der Waals surface area contributed by atoms with Crippen molar-refractivity contribution in [2.45, 2.75) is 13.0 Å². The number of rotatable bonds is 5. The van der Waals surface area contributed by atoms with Gasteiger partial charge in [0.1, 0.15) is 5.75 Å². The molecule has 0 spiro atoms. The van der Waals surface area contributed by atoms with Crippen LogP contribution in [0.2, 0.25) is 5.02 Å². The number of carbonyl (C=O) groups excluding carboxylic acids is 1. The Bertz CT molecular complexity index is 1170. The number of halogens is 1. The standard InChI is InChI=1S/C24H19ClN2O2/c1-16(29-20-10-6-9-19(25)14-20)24(28)27-26-15-23-21-11-4-2-7-17(21)13-18-8-3-5-12-22(18)23/h2-16H,1H3,(H,27,28). The van der Waals surface area contributed by atoms with Crippen LogP contribution in [0.1, 0.15) is 12.5 Å². The van der Waals surface area contributed by atoms with Gasteiger partial charge in [0.2, 0.25) is 0 Å². The van der Waals surface area contributed by atoms with Crippen LogP contribution in [0.3, 0.4) is 0 Å². The highest BCUT2D eigenvalue weighted by Gasteiger charge is 2.14. The molecule has 0 saturated carbocycles. The van der Waals surface area contributed by atoms with Crippen molar-refractivity contribution in [1.29, 1.82) is 0 Å². The average molecular weight is 403 g/mol. The highest BCUT2D eigenvalue weighted by atomic mass is 35.5. The highest BCUT2D eigenvalue weighted by Crippen LogP contribution is 2.27. The van der Waals surface area contributed by atoms with E-state index >= 15 is 0 Å². The Hall–Kier alpha value is -3.37. The minimum absolute atomic E-state index is 0.342. The summed E-state index contributed by atoms with van der Waals surface area (Å²) in [6.45, 7) is 1.67. The van der Waals surface area contributed by atoms with Crippen molar-refractivity contribution in [2.24, 2.45) is 5.10 Å². The van der Waals surface area contributed by atoms with E-state index in [9.17, 15) is 4.79 Å². The van der Waals surface area contributed by atoms with Crippen LogP contribution in [0.15, 0.2) is 84.0 Å². The lowest BCUT2D eigenvalue weighted by Gasteiger charge is -2.13. The third kappa shape index (κ3) is 4.23. The summed E-state index contributed by atoms with van der Waals surface area (Å²) in [4.78, 5) is 12.4. The minimum atomic E-state index is -0.713. The fourth-order valence-electron chi connectivity index (χ4n) is 3.24. The number of fused-ring (bicyclic) bond motifs is 2. The topological polar surface area (TPSA) is 50.7 Å². The quantitative estimate of drug-likeness (QED) is 0.270. The zero-order valence-electron chi connectivity index (χ0n) is 15.8. The van der Waals surface area contributed by atoms with Crippen LogP contribution in [-0.4, -0.2) is 18.2 Å². The Morgan fingerprint density at radius 3 is 2.28 bits per heavy atom. The normalized spacial score (nSPS) is 12.3. The van der Waals surface area contributed by atoms with Crippen LogP contribution < -0.4 is 10.2 Å². The lowest BCUT2D eigenvalue weighted by atomic mass is 9.97. The smallest absolute Gasteiger partial charge is 0.280 e. The van der Waals surface area contributed by atoms with Gasteiger partial charge in [-0.1, -0.05) is 66.2 Å². The number of hydrogen-bond donors (Lipinski definition) is 1. The van der Waals surface area contributed by atoms with Crippen LogP contribution in [0.5, 0.6) is 5.75 Å². The molecule has 1 unspecified atom stereocenters. The Kier molecular flexibility index (Phi) is 5.45. The van der Waals surface area contributed by atoms with Crippen LogP contribution in [0, 0.1) is 0 Å². The van der Waals surface area contributed by atoms with Crippen LogP contribution in [0.25, 0.3) is 21.5 Å². The number of carbonyl (C=O) groups is 1. The predicted octanol–water partition coefficient (Wildman–Crippen LogP) is 5.56. The summed E-state index contributed by atoms with van der Waals surface area (Å²) in [6, 6.07) is 25.3. The monoisotopic (exact) mass is 402 g/mol. The molecular formula is C24H19ClN2O2. The number of hydrogen-bond acceptors (Lipinski definition) is 3.